The first kappa shape index (κ1) is 13.5. The van der Waals surface area contributed by atoms with E-state index in [0.717, 1.165) is 6.42 Å². The molecule has 4 nitrogen and oxygen atoms in total. The molecule has 1 saturated heterocycles. The third-order valence-electron chi connectivity index (χ3n) is 2.79. The zero-order valence-electron chi connectivity index (χ0n) is 10.3. The summed E-state index contributed by atoms with van der Waals surface area (Å²) in [5.41, 5.74) is 0.444. The maximum absolute atomic E-state index is 13.6. The van der Waals surface area contributed by atoms with Gasteiger partial charge in [-0.15, -0.1) is 0 Å². The summed E-state index contributed by atoms with van der Waals surface area (Å²) in [7, 11) is 0. The smallest absolute Gasteiger partial charge is 0.254 e. The van der Waals surface area contributed by atoms with E-state index >= 15 is 0 Å². The van der Waals surface area contributed by atoms with Gasteiger partial charge in [-0.25, -0.2) is 4.39 Å². The van der Waals surface area contributed by atoms with Crippen LogP contribution in [0.4, 0.5) is 4.39 Å². The summed E-state index contributed by atoms with van der Waals surface area (Å²) in [6, 6.07) is 3.97. The first-order valence-corrected chi connectivity index (χ1v) is 5.98. The summed E-state index contributed by atoms with van der Waals surface area (Å²) in [6.07, 6.45) is 0.733. The van der Waals surface area contributed by atoms with Crippen molar-refractivity contribution in [2.45, 2.75) is 12.5 Å². The van der Waals surface area contributed by atoms with Crippen molar-refractivity contribution in [2.75, 3.05) is 19.8 Å². The van der Waals surface area contributed by atoms with E-state index in [-0.39, 0.29) is 18.2 Å². The average Bonchev–Trinajstić information content (AvgIpc) is 2.90. The van der Waals surface area contributed by atoms with Crippen molar-refractivity contribution in [2.24, 2.45) is 0 Å². The minimum absolute atomic E-state index is 0.0448. The lowest BCUT2D eigenvalue weighted by Crippen LogP contribution is -2.35. The topological polar surface area (TPSA) is 58.6 Å². The molecule has 100 valence electrons. The maximum atomic E-state index is 13.6. The van der Waals surface area contributed by atoms with Crippen molar-refractivity contribution in [1.82, 2.24) is 5.32 Å². The van der Waals surface area contributed by atoms with Crippen LogP contribution in [0, 0.1) is 17.7 Å². The summed E-state index contributed by atoms with van der Waals surface area (Å²) in [4.78, 5) is 11.9. The van der Waals surface area contributed by atoms with Crippen LogP contribution in [0.2, 0.25) is 0 Å². The largest absolute Gasteiger partial charge is 0.384 e. The number of aliphatic hydroxyl groups is 1. The Bertz CT molecular complexity index is 527. The predicted molar refractivity (Wildman–Crippen MR) is 67.1 cm³/mol. The number of amides is 1. The number of aliphatic hydroxyl groups excluding tert-OH is 1. The zero-order valence-corrected chi connectivity index (χ0v) is 10.3. The molecule has 2 rings (SSSR count). The molecule has 1 fully saturated rings. The van der Waals surface area contributed by atoms with Crippen LogP contribution in [0.25, 0.3) is 0 Å². The summed E-state index contributed by atoms with van der Waals surface area (Å²) in [5, 5.41) is 11.3. The highest BCUT2D eigenvalue weighted by molar-refractivity contribution is 5.95. The minimum atomic E-state index is -0.592. The third-order valence-corrected chi connectivity index (χ3v) is 2.79. The van der Waals surface area contributed by atoms with E-state index < -0.39 is 11.7 Å². The molecule has 19 heavy (non-hydrogen) atoms. The van der Waals surface area contributed by atoms with E-state index in [9.17, 15) is 9.18 Å². The highest BCUT2D eigenvalue weighted by Crippen LogP contribution is 2.12. The maximum Gasteiger partial charge on any atom is 0.254 e. The number of hydrogen-bond donors (Lipinski definition) is 2. The van der Waals surface area contributed by atoms with Gasteiger partial charge in [0.25, 0.3) is 5.91 Å². The Morgan fingerprint density at radius 1 is 1.58 bits per heavy atom. The van der Waals surface area contributed by atoms with E-state index in [1.54, 1.807) is 0 Å². The molecule has 5 heteroatoms. The number of rotatable bonds is 2. The van der Waals surface area contributed by atoms with Crippen LogP contribution >= 0.6 is 0 Å². The normalized spacial score (nSPS) is 17.7. The lowest BCUT2D eigenvalue weighted by molar-refractivity contribution is 0.0926. The molecular weight excluding hydrogens is 249 g/mol. The van der Waals surface area contributed by atoms with Crippen molar-refractivity contribution in [1.29, 1.82) is 0 Å². The van der Waals surface area contributed by atoms with E-state index in [1.807, 2.05) is 0 Å². The molecule has 0 aromatic heterocycles. The molecule has 1 atom stereocenters. The van der Waals surface area contributed by atoms with Gasteiger partial charge in [-0.05, 0) is 24.6 Å². The number of benzene rings is 1. The van der Waals surface area contributed by atoms with Gasteiger partial charge in [-0.2, -0.15) is 0 Å². The van der Waals surface area contributed by atoms with Crippen LogP contribution in [-0.2, 0) is 4.74 Å². The number of carbonyl (C=O) groups excluding carboxylic acids is 1. The Hall–Kier alpha value is -1.90. The summed E-state index contributed by atoms with van der Waals surface area (Å²) in [5.74, 6) is 4.03. The summed E-state index contributed by atoms with van der Waals surface area (Å²) >= 11 is 0. The Morgan fingerprint density at radius 2 is 2.42 bits per heavy atom. The molecule has 0 spiro atoms. The van der Waals surface area contributed by atoms with Crippen molar-refractivity contribution in [3.05, 3.63) is 35.1 Å². The molecule has 0 aliphatic carbocycles. The molecule has 0 bridgehead atoms. The first-order chi connectivity index (χ1) is 9.20. The van der Waals surface area contributed by atoms with Crippen LogP contribution in [-0.4, -0.2) is 36.9 Å². The van der Waals surface area contributed by atoms with Crippen LogP contribution in [0.5, 0.6) is 0 Å². The predicted octanol–water partition coefficient (Wildman–Crippen LogP) is 0.688. The fourth-order valence-corrected chi connectivity index (χ4v) is 1.83. The summed E-state index contributed by atoms with van der Waals surface area (Å²) in [6.45, 7) is 0.783. The molecule has 1 unspecified atom stereocenters. The van der Waals surface area contributed by atoms with Crippen molar-refractivity contribution in [3.63, 3.8) is 0 Å². The Kier molecular flexibility index (Phi) is 4.50. The van der Waals surface area contributed by atoms with E-state index in [1.165, 1.54) is 18.2 Å². The van der Waals surface area contributed by atoms with Crippen molar-refractivity contribution in [3.8, 4) is 11.8 Å². The van der Waals surface area contributed by atoms with Crippen LogP contribution in [0.3, 0.4) is 0 Å². The number of hydrogen-bond acceptors (Lipinski definition) is 3. The molecular formula is C14H14FNO3. The second-order valence-electron chi connectivity index (χ2n) is 4.19. The third kappa shape index (κ3) is 3.53. The quantitative estimate of drug-likeness (QED) is 0.772. The number of carbonyl (C=O) groups is 1. The van der Waals surface area contributed by atoms with Crippen LogP contribution in [0.15, 0.2) is 18.2 Å². The Morgan fingerprint density at radius 3 is 3.11 bits per heavy atom. The number of ether oxygens (including phenoxy) is 1. The molecule has 1 aromatic carbocycles. The molecule has 0 radical (unpaired) electrons. The van der Waals surface area contributed by atoms with Gasteiger partial charge in [-0.1, -0.05) is 11.8 Å². The van der Waals surface area contributed by atoms with Gasteiger partial charge in [0.15, 0.2) is 0 Å². The van der Waals surface area contributed by atoms with Crippen molar-refractivity contribution >= 4 is 5.91 Å². The Labute approximate surface area is 110 Å². The van der Waals surface area contributed by atoms with Crippen molar-refractivity contribution < 1.29 is 19.0 Å². The SMILES string of the molecule is O=C(NC1CCOC1)c1cc(C#CCO)ccc1F. The first-order valence-electron chi connectivity index (χ1n) is 5.98. The zero-order chi connectivity index (χ0) is 13.7. The molecule has 1 heterocycles. The molecule has 1 aromatic rings. The molecule has 1 aliphatic rings. The Balaban J connectivity index is 2.15. The number of halogens is 1. The molecule has 1 amide bonds. The number of nitrogens with one attached hydrogen (secondary N) is 1. The average molecular weight is 263 g/mol. The summed E-state index contributed by atoms with van der Waals surface area (Å²) < 4.78 is 18.8. The standard InChI is InChI=1S/C14H14FNO3/c15-13-4-3-10(2-1-6-17)8-12(13)14(18)16-11-5-7-19-9-11/h3-4,8,11,17H,5-7,9H2,(H,16,18). The lowest BCUT2D eigenvalue weighted by atomic mass is 10.1. The van der Waals surface area contributed by atoms with E-state index in [4.69, 9.17) is 9.84 Å². The van der Waals surface area contributed by atoms with Gasteiger partial charge >= 0.3 is 0 Å². The van der Waals surface area contributed by atoms with Gasteiger partial charge < -0.3 is 15.2 Å². The fourth-order valence-electron chi connectivity index (χ4n) is 1.83. The fraction of sp³-hybridized carbons (Fsp3) is 0.357. The highest BCUT2D eigenvalue weighted by atomic mass is 19.1. The van der Waals surface area contributed by atoms with E-state index in [2.05, 4.69) is 17.2 Å². The van der Waals surface area contributed by atoms with Gasteiger partial charge in [0.2, 0.25) is 0 Å². The molecule has 2 N–H and O–H groups in total. The van der Waals surface area contributed by atoms with E-state index in [0.29, 0.717) is 18.8 Å². The van der Waals surface area contributed by atoms with Crippen LogP contribution < -0.4 is 5.32 Å². The monoisotopic (exact) mass is 263 g/mol. The highest BCUT2D eigenvalue weighted by Gasteiger charge is 2.20. The van der Waals surface area contributed by atoms with Gasteiger partial charge in [0.1, 0.15) is 12.4 Å². The van der Waals surface area contributed by atoms with Gasteiger partial charge in [0.05, 0.1) is 18.2 Å². The second-order valence-corrected chi connectivity index (χ2v) is 4.19. The van der Waals surface area contributed by atoms with Gasteiger partial charge in [0, 0.05) is 12.2 Å². The minimum Gasteiger partial charge on any atom is -0.384 e. The van der Waals surface area contributed by atoms with Gasteiger partial charge in [-0.3, -0.25) is 4.79 Å². The lowest BCUT2D eigenvalue weighted by Gasteiger charge is -2.11. The second kappa shape index (κ2) is 6.32. The van der Waals surface area contributed by atoms with Crippen LogP contribution in [0.1, 0.15) is 22.3 Å². The molecule has 0 saturated carbocycles. The molecule has 1 aliphatic heterocycles.